The molecule has 3 nitrogen and oxygen atoms in total. The molecule has 3 N–H and O–H groups in total. The van der Waals surface area contributed by atoms with Gasteiger partial charge in [0.15, 0.2) is 0 Å². The molecule has 1 aromatic carbocycles. The van der Waals surface area contributed by atoms with E-state index >= 15 is 0 Å². The average Bonchev–Trinajstić information content (AvgIpc) is 2.93. The van der Waals surface area contributed by atoms with Crippen LogP contribution in [0.2, 0.25) is 0 Å². The van der Waals surface area contributed by atoms with E-state index in [1.54, 1.807) is 0 Å². The molecule has 0 aromatic heterocycles. The van der Waals surface area contributed by atoms with Crippen LogP contribution < -0.4 is 5.73 Å². The molecule has 1 saturated carbocycles. The van der Waals surface area contributed by atoms with E-state index in [1.807, 2.05) is 0 Å². The molecule has 0 spiro atoms. The van der Waals surface area contributed by atoms with E-state index in [4.69, 9.17) is 10.8 Å². The second kappa shape index (κ2) is 3.52. The van der Waals surface area contributed by atoms with E-state index in [0.717, 1.165) is 12.1 Å². The zero-order chi connectivity index (χ0) is 11.9. The molecule has 0 saturated heterocycles. The smallest absolute Gasteiger partial charge is 0.311 e. The molecule has 5 heteroatoms. The van der Waals surface area contributed by atoms with Gasteiger partial charge in [0, 0.05) is 18.0 Å². The number of carbonyl (C=O) groups is 1. The van der Waals surface area contributed by atoms with Crippen LogP contribution in [-0.2, 0) is 4.79 Å². The maximum atomic E-state index is 13.4. The first kappa shape index (κ1) is 11.0. The number of benzene rings is 1. The predicted octanol–water partition coefficient (Wildman–Crippen LogP) is 1.48. The Labute approximate surface area is 90.9 Å². The third-order valence-corrected chi connectivity index (χ3v) is 3.21. The number of carboxylic acid groups (broad SMARTS) is 1. The largest absolute Gasteiger partial charge is 0.481 e. The molecule has 1 aliphatic carbocycles. The van der Waals surface area contributed by atoms with Crippen molar-refractivity contribution in [2.45, 2.75) is 12.3 Å². The number of hydrogen-bond donors (Lipinski definition) is 2. The summed E-state index contributed by atoms with van der Waals surface area (Å²) in [5, 5.41) is 8.99. The number of halogens is 2. The molecule has 0 heterocycles. The van der Waals surface area contributed by atoms with E-state index in [2.05, 4.69) is 0 Å². The summed E-state index contributed by atoms with van der Waals surface area (Å²) in [7, 11) is 0. The minimum absolute atomic E-state index is 0.110. The lowest BCUT2D eigenvalue weighted by molar-refractivity contribution is -0.143. The van der Waals surface area contributed by atoms with Crippen molar-refractivity contribution in [3.8, 4) is 0 Å². The van der Waals surface area contributed by atoms with Crippen LogP contribution in [-0.4, -0.2) is 17.6 Å². The van der Waals surface area contributed by atoms with Crippen LogP contribution in [0, 0.1) is 17.0 Å². The monoisotopic (exact) mass is 227 g/mol. The lowest BCUT2D eigenvalue weighted by Crippen LogP contribution is -2.27. The number of aliphatic carboxylic acids is 1. The highest BCUT2D eigenvalue weighted by atomic mass is 19.1. The lowest BCUT2D eigenvalue weighted by atomic mass is 9.98. The first-order valence-corrected chi connectivity index (χ1v) is 4.90. The molecule has 1 fully saturated rings. The van der Waals surface area contributed by atoms with Gasteiger partial charge in [-0.25, -0.2) is 8.78 Å². The first-order valence-electron chi connectivity index (χ1n) is 4.90. The molecule has 0 amide bonds. The van der Waals surface area contributed by atoms with Crippen molar-refractivity contribution in [3.63, 3.8) is 0 Å². The van der Waals surface area contributed by atoms with Crippen molar-refractivity contribution >= 4 is 5.97 Å². The molecule has 2 atom stereocenters. The average molecular weight is 227 g/mol. The molecular weight excluding hydrogens is 216 g/mol. The second-order valence-corrected chi connectivity index (χ2v) is 4.06. The SMILES string of the molecule is NCC1(C(=O)O)CC1c1c(F)cccc1F. The minimum Gasteiger partial charge on any atom is -0.481 e. The highest BCUT2D eigenvalue weighted by Crippen LogP contribution is 2.59. The normalized spacial score (nSPS) is 27.8. The fraction of sp³-hybridized carbons (Fsp3) is 0.364. The Kier molecular flexibility index (Phi) is 2.42. The molecule has 0 bridgehead atoms. The lowest BCUT2D eigenvalue weighted by Gasteiger charge is -2.10. The molecular formula is C11H11F2NO2. The van der Waals surface area contributed by atoms with Gasteiger partial charge in [-0.3, -0.25) is 4.79 Å². The van der Waals surface area contributed by atoms with Crippen LogP contribution in [0.25, 0.3) is 0 Å². The zero-order valence-electron chi connectivity index (χ0n) is 8.41. The second-order valence-electron chi connectivity index (χ2n) is 4.06. The zero-order valence-corrected chi connectivity index (χ0v) is 8.41. The molecule has 0 radical (unpaired) electrons. The molecule has 2 rings (SSSR count). The van der Waals surface area contributed by atoms with Crippen molar-refractivity contribution in [2.75, 3.05) is 6.54 Å². The number of rotatable bonds is 3. The highest BCUT2D eigenvalue weighted by Gasteiger charge is 2.61. The summed E-state index contributed by atoms with van der Waals surface area (Å²) in [6.07, 6.45) is 0.191. The van der Waals surface area contributed by atoms with Crippen molar-refractivity contribution in [3.05, 3.63) is 35.4 Å². The van der Waals surface area contributed by atoms with Gasteiger partial charge in [-0.2, -0.15) is 0 Å². The minimum atomic E-state index is -1.19. The van der Waals surface area contributed by atoms with E-state index in [1.165, 1.54) is 6.07 Å². The van der Waals surface area contributed by atoms with Crippen molar-refractivity contribution < 1.29 is 18.7 Å². The fourth-order valence-corrected chi connectivity index (χ4v) is 2.08. The van der Waals surface area contributed by atoms with Gasteiger partial charge < -0.3 is 10.8 Å². The summed E-state index contributed by atoms with van der Waals surface area (Å²) in [4.78, 5) is 11.0. The predicted molar refractivity (Wildman–Crippen MR) is 52.8 cm³/mol. The Balaban J connectivity index is 2.39. The molecule has 16 heavy (non-hydrogen) atoms. The summed E-state index contributed by atoms with van der Waals surface area (Å²) in [6, 6.07) is 3.50. The van der Waals surface area contributed by atoms with Gasteiger partial charge in [-0.05, 0) is 18.6 Å². The summed E-state index contributed by atoms with van der Waals surface area (Å²) >= 11 is 0. The van der Waals surface area contributed by atoms with E-state index < -0.39 is 28.9 Å². The van der Waals surface area contributed by atoms with Crippen LogP contribution >= 0.6 is 0 Å². The quantitative estimate of drug-likeness (QED) is 0.822. The van der Waals surface area contributed by atoms with Gasteiger partial charge in [0.2, 0.25) is 0 Å². The fourth-order valence-electron chi connectivity index (χ4n) is 2.08. The summed E-state index contributed by atoms with van der Waals surface area (Å²) in [5.41, 5.74) is 4.02. The van der Waals surface area contributed by atoms with Crippen molar-refractivity contribution in [1.82, 2.24) is 0 Å². The third kappa shape index (κ3) is 1.39. The van der Waals surface area contributed by atoms with Crippen LogP contribution in [0.5, 0.6) is 0 Å². The molecule has 0 aliphatic heterocycles. The maximum absolute atomic E-state index is 13.4. The van der Waals surface area contributed by atoms with Gasteiger partial charge in [0.1, 0.15) is 11.6 Å². The molecule has 1 aliphatic rings. The first-order chi connectivity index (χ1) is 7.53. The van der Waals surface area contributed by atoms with E-state index in [0.29, 0.717) is 0 Å². The van der Waals surface area contributed by atoms with Crippen LogP contribution in [0.3, 0.4) is 0 Å². The van der Waals surface area contributed by atoms with Gasteiger partial charge in [0.05, 0.1) is 5.41 Å². The molecule has 1 aromatic rings. The van der Waals surface area contributed by atoms with Gasteiger partial charge in [-0.1, -0.05) is 6.07 Å². The van der Waals surface area contributed by atoms with Crippen LogP contribution in [0.4, 0.5) is 8.78 Å². The van der Waals surface area contributed by atoms with Gasteiger partial charge in [0.25, 0.3) is 0 Å². The number of hydrogen-bond acceptors (Lipinski definition) is 2. The summed E-state index contributed by atoms with van der Waals surface area (Å²) in [5.74, 6) is -3.16. The summed E-state index contributed by atoms with van der Waals surface area (Å²) in [6.45, 7) is -0.110. The van der Waals surface area contributed by atoms with Crippen LogP contribution in [0.15, 0.2) is 18.2 Å². The number of nitrogens with two attached hydrogens (primary N) is 1. The number of carboxylic acids is 1. The summed E-state index contributed by atoms with van der Waals surface area (Å²) < 4.78 is 26.8. The standard InChI is InChI=1S/C11H11F2NO2/c12-7-2-1-3-8(13)9(7)6-4-11(6,5-14)10(15)16/h1-3,6H,4-5,14H2,(H,15,16). The Morgan fingerprint density at radius 1 is 1.50 bits per heavy atom. The Morgan fingerprint density at radius 3 is 2.44 bits per heavy atom. The Bertz CT molecular complexity index is 429. The van der Waals surface area contributed by atoms with Crippen LogP contribution in [0.1, 0.15) is 17.9 Å². The molecule has 2 unspecified atom stereocenters. The van der Waals surface area contributed by atoms with Gasteiger partial charge in [-0.15, -0.1) is 0 Å². The van der Waals surface area contributed by atoms with E-state index in [-0.39, 0.29) is 18.5 Å². The maximum Gasteiger partial charge on any atom is 0.311 e. The van der Waals surface area contributed by atoms with Crippen molar-refractivity contribution in [1.29, 1.82) is 0 Å². The van der Waals surface area contributed by atoms with E-state index in [9.17, 15) is 13.6 Å². The van der Waals surface area contributed by atoms with Crippen molar-refractivity contribution in [2.24, 2.45) is 11.1 Å². The highest BCUT2D eigenvalue weighted by molar-refractivity contribution is 5.81. The molecule has 86 valence electrons. The Morgan fingerprint density at radius 2 is 2.06 bits per heavy atom. The third-order valence-electron chi connectivity index (χ3n) is 3.21. The van der Waals surface area contributed by atoms with Gasteiger partial charge >= 0.3 is 5.97 Å². The Hall–Kier alpha value is -1.49. The topological polar surface area (TPSA) is 63.3 Å².